The molecule has 0 spiro atoms. The van der Waals surface area contributed by atoms with Crippen LogP contribution >= 0.6 is 11.3 Å². The third-order valence-corrected chi connectivity index (χ3v) is 5.60. The second-order valence-corrected chi connectivity index (χ2v) is 6.98. The lowest BCUT2D eigenvalue weighted by Gasteiger charge is -2.10. The summed E-state index contributed by atoms with van der Waals surface area (Å²) in [7, 11) is 0. The fraction of sp³-hybridized carbons (Fsp3) is 0.278. The molecule has 0 amide bonds. The van der Waals surface area contributed by atoms with Gasteiger partial charge in [0.15, 0.2) is 0 Å². The maximum Gasteiger partial charge on any atom is 0.262 e. The summed E-state index contributed by atoms with van der Waals surface area (Å²) in [5, 5.41) is 9.84. The van der Waals surface area contributed by atoms with Gasteiger partial charge in [-0.25, -0.2) is 4.98 Å². The number of rotatable bonds is 2. The normalized spacial score (nSPS) is 13.2. The lowest BCUT2D eigenvalue weighted by atomic mass is 10.1. The molecule has 4 nitrogen and oxygen atoms in total. The van der Waals surface area contributed by atoms with Crippen molar-refractivity contribution in [1.82, 2.24) is 9.55 Å². The van der Waals surface area contributed by atoms with E-state index in [9.17, 15) is 4.79 Å². The molecule has 0 N–H and O–H groups in total. The molecule has 0 saturated heterocycles. The highest BCUT2D eigenvalue weighted by atomic mass is 32.1. The number of fused-ring (bicyclic) bond motifs is 3. The summed E-state index contributed by atoms with van der Waals surface area (Å²) in [6, 6.07) is 9.53. The van der Waals surface area contributed by atoms with Crippen molar-refractivity contribution in [3.63, 3.8) is 0 Å². The molecule has 5 heteroatoms. The van der Waals surface area contributed by atoms with Crippen LogP contribution in [0, 0.1) is 18.3 Å². The van der Waals surface area contributed by atoms with Gasteiger partial charge in [0.2, 0.25) is 0 Å². The van der Waals surface area contributed by atoms with Crippen LogP contribution in [0.3, 0.4) is 0 Å². The van der Waals surface area contributed by atoms with Gasteiger partial charge < -0.3 is 0 Å². The summed E-state index contributed by atoms with van der Waals surface area (Å²) in [4.78, 5) is 19.8. The summed E-state index contributed by atoms with van der Waals surface area (Å²) in [5.41, 5.74) is 2.82. The Hall–Kier alpha value is -2.45. The monoisotopic (exact) mass is 321 g/mol. The van der Waals surface area contributed by atoms with Gasteiger partial charge in [-0.05, 0) is 49.4 Å². The molecule has 0 unspecified atom stereocenters. The van der Waals surface area contributed by atoms with Crippen molar-refractivity contribution < 1.29 is 0 Å². The van der Waals surface area contributed by atoms with Crippen molar-refractivity contribution in [3.05, 3.63) is 62.0 Å². The quantitative estimate of drug-likeness (QED) is 0.728. The molecular formula is C18H15N3OS. The minimum absolute atomic E-state index is 0.0502. The first-order valence-electron chi connectivity index (χ1n) is 7.68. The lowest BCUT2D eigenvalue weighted by Crippen LogP contribution is -2.24. The van der Waals surface area contributed by atoms with E-state index in [4.69, 9.17) is 5.26 Å². The first kappa shape index (κ1) is 14.2. The molecule has 2 heterocycles. The largest absolute Gasteiger partial charge is 0.292 e. The summed E-state index contributed by atoms with van der Waals surface area (Å²) in [6.45, 7) is 2.33. The molecule has 0 aliphatic heterocycles. The second-order valence-electron chi connectivity index (χ2n) is 5.90. The van der Waals surface area contributed by atoms with Gasteiger partial charge in [-0.1, -0.05) is 12.1 Å². The summed E-state index contributed by atoms with van der Waals surface area (Å²) in [6.07, 6.45) is 3.19. The average molecular weight is 321 g/mol. The molecule has 2 aromatic heterocycles. The van der Waals surface area contributed by atoms with E-state index in [1.54, 1.807) is 22.0 Å². The van der Waals surface area contributed by atoms with E-state index in [-0.39, 0.29) is 5.56 Å². The highest BCUT2D eigenvalue weighted by molar-refractivity contribution is 7.18. The first-order valence-corrected chi connectivity index (χ1v) is 8.50. The zero-order chi connectivity index (χ0) is 16.0. The molecule has 1 aliphatic rings. The highest BCUT2D eigenvalue weighted by Crippen LogP contribution is 2.34. The molecule has 0 bridgehead atoms. The fourth-order valence-electron chi connectivity index (χ4n) is 3.29. The Morgan fingerprint density at radius 1 is 1.39 bits per heavy atom. The van der Waals surface area contributed by atoms with Crippen LogP contribution in [-0.4, -0.2) is 9.55 Å². The predicted molar refractivity (Wildman–Crippen MR) is 90.9 cm³/mol. The molecule has 23 heavy (non-hydrogen) atoms. The molecule has 1 aliphatic carbocycles. The number of hydrogen-bond donors (Lipinski definition) is 0. The molecule has 4 rings (SSSR count). The SMILES string of the molecule is Cc1nc2sc3c(c2c(=O)n1Cc1cccc(C#N)c1)CCC3. The van der Waals surface area contributed by atoms with Crippen molar-refractivity contribution >= 4 is 21.6 Å². The molecule has 0 atom stereocenters. The molecular weight excluding hydrogens is 306 g/mol. The van der Waals surface area contributed by atoms with Gasteiger partial charge in [0.1, 0.15) is 10.7 Å². The van der Waals surface area contributed by atoms with Crippen LogP contribution in [0.1, 0.15) is 33.8 Å². The van der Waals surface area contributed by atoms with Crippen LogP contribution < -0.4 is 5.56 Å². The first-order chi connectivity index (χ1) is 11.2. The van der Waals surface area contributed by atoms with E-state index >= 15 is 0 Å². The van der Waals surface area contributed by atoms with Gasteiger partial charge in [0.25, 0.3) is 5.56 Å². The minimum atomic E-state index is 0.0502. The highest BCUT2D eigenvalue weighted by Gasteiger charge is 2.22. The van der Waals surface area contributed by atoms with Crippen LogP contribution in [0.5, 0.6) is 0 Å². The maximum atomic E-state index is 13.0. The molecule has 3 aromatic rings. The van der Waals surface area contributed by atoms with Crippen molar-refractivity contribution in [2.45, 2.75) is 32.7 Å². The number of nitrogens with zero attached hydrogens (tertiary/aromatic N) is 3. The Morgan fingerprint density at radius 3 is 3.09 bits per heavy atom. The number of benzene rings is 1. The van der Waals surface area contributed by atoms with Crippen LogP contribution in [0.2, 0.25) is 0 Å². The predicted octanol–water partition coefficient (Wildman–Crippen LogP) is 3.18. The maximum absolute atomic E-state index is 13.0. The Balaban J connectivity index is 1.87. The third kappa shape index (κ3) is 2.27. The average Bonchev–Trinajstić information content (AvgIpc) is 3.12. The van der Waals surface area contributed by atoms with Crippen LogP contribution in [0.25, 0.3) is 10.2 Å². The second kappa shape index (κ2) is 5.32. The number of nitriles is 1. The molecule has 0 saturated carbocycles. The number of thiophene rings is 1. The van der Waals surface area contributed by atoms with Crippen molar-refractivity contribution in [2.24, 2.45) is 0 Å². The van der Waals surface area contributed by atoms with Crippen molar-refractivity contribution in [3.8, 4) is 6.07 Å². The number of hydrogen-bond acceptors (Lipinski definition) is 4. The van der Waals surface area contributed by atoms with Gasteiger partial charge in [-0.3, -0.25) is 9.36 Å². The molecule has 0 fully saturated rings. The van der Waals surface area contributed by atoms with Gasteiger partial charge >= 0.3 is 0 Å². The smallest absolute Gasteiger partial charge is 0.262 e. The Bertz CT molecular complexity index is 1020. The topological polar surface area (TPSA) is 58.7 Å². The number of aryl methyl sites for hydroxylation is 3. The molecule has 1 aromatic carbocycles. The van der Waals surface area contributed by atoms with Crippen molar-refractivity contribution in [2.75, 3.05) is 0 Å². The number of aromatic nitrogens is 2. The Labute approximate surface area is 137 Å². The summed E-state index contributed by atoms with van der Waals surface area (Å²) in [5.74, 6) is 0.727. The van der Waals surface area contributed by atoms with E-state index in [0.29, 0.717) is 12.1 Å². The zero-order valence-electron chi connectivity index (χ0n) is 12.8. The van der Waals surface area contributed by atoms with Gasteiger partial charge in [0, 0.05) is 4.88 Å². The Kier molecular flexibility index (Phi) is 3.28. The summed E-state index contributed by atoms with van der Waals surface area (Å²) < 4.78 is 1.73. The van der Waals surface area contributed by atoms with E-state index in [0.717, 1.165) is 40.9 Å². The lowest BCUT2D eigenvalue weighted by molar-refractivity contribution is 0.713. The summed E-state index contributed by atoms with van der Waals surface area (Å²) >= 11 is 1.67. The van der Waals surface area contributed by atoms with E-state index in [1.807, 2.05) is 25.1 Å². The van der Waals surface area contributed by atoms with Gasteiger partial charge in [0.05, 0.1) is 23.6 Å². The van der Waals surface area contributed by atoms with Crippen LogP contribution in [0.15, 0.2) is 29.1 Å². The fourth-order valence-corrected chi connectivity index (χ4v) is 4.58. The molecule has 0 radical (unpaired) electrons. The molecule has 114 valence electrons. The van der Waals surface area contributed by atoms with Crippen LogP contribution in [-0.2, 0) is 19.4 Å². The van der Waals surface area contributed by atoms with Gasteiger partial charge in [-0.2, -0.15) is 5.26 Å². The Morgan fingerprint density at radius 2 is 2.26 bits per heavy atom. The van der Waals surface area contributed by atoms with Crippen LogP contribution in [0.4, 0.5) is 0 Å². The van der Waals surface area contributed by atoms with Crippen molar-refractivity contribution in [1.29, 1.82) is 5.26 Å². The minimum Gasteiger partial charge on any atom is -0.292 e. The zero-order valence-corrected chi connectivity index (χ0v) is 13.6. The standard InChI is InChI=1S/C18H15N3OS/c1-11-20-17-16(14-6-3-7-15(14)23-17)18(22)21(11)10-13-5-2-4-12(8-13)9-19/h2,4-5,8H,3,6-7,10H2,1H3. The van der Waals surface area contributed by atoms with E-state index < -0.39 is 0 Å². The van der Waals surface area contributed by atoms with E-state index in [1.165, 1.54) is 10.4 Å². The third-order valence-electron chi connectivity index (χ3n) is 4.41. The van der Waals surface area contributed by atoms with Gasteiger partial charge in [-0.15, -0.1) is 11.3 Å². The van der Waals surface area contributed by atoms with E-state index in [2.05, 4.69) is 11.1 Å².